The van der Waals surface area contributed by atoms with Crippen LogP contribution in [0.3, 0.4) is 0 Å². The van der Waals surface area contributed by atoms with Gasteiger partial charge in [-0.05, 0) is 62.6 Å². The Hall–Kier alpha value is -2.97. The van der Waals surface area contributed by atoms with Crippen molar-refractivity contribution in [3.05, 3.63) is 65.5 Å². The molecule has 0 aromatic heterocycles. The number of ether oxygens (including phenoxy) is 3. The van der Waals surface area contributed by atoms with Gasteiger partial charge in [0.25, 0.3) is 0 Å². The van der Waals surface area contributed by atoms with E-state index >= 15 is 0 Å². The number of para-hydroxylation sites is 1. The number of benzene rings is 2. The maximum Gasteiger partial charge on any atom is 0.337 e. The minimum atomic E-state index is -0.738. The summed E-state index contributed by atoms with van der Waals surface area (Å²) < 4.78 is 29.8. The van der Waals surface area contributed by atoms with E-state index in [1.807, 2.05) is 24.1 Å². The first-order valence-corrected chi connectivity index (χ1v) is 11.6. The molecule has 2 aliphatic rings. The Bertz CT molecular complexity index is 1020. The molecule has 182 valence electrons. The summed E-state index contributed by atoms with van der Waals surface area (Å²) in [7, 11) is 3.25. The van der Waals surface area contributed by atoms with E-state index in [1.165, 1.54) is 13.2 Å². The van der Waals surface area contributed by atoms with Gasteiger partial charge in [0.1, 0.15) is 12.1 Å². The maximum atomic E-state index is 13.9. The Morgan fingerprint density at radius 3 is 2.35 bits per heavy atom. The van der Waals surface area contributed by atoms with E-state index in [1.54, 1.807) is 30.3 Å². The van der Waals surface area contributed by atoms with E-state index < -0.39 is 16.9 Å². The molecule has 1 N–H and O–H groups in total. The van der Waals surface area contributed by atoms with Crippen LogP contribution in [0.2, 0.25) is 0 Å². The van der Waals surface area contributed by atoms with Crippen molar-refractivity contribution in [1.29, 1.82) is 0 Å². The molecule has 0 bridgehead atoms. The molecular formula is C26H31FN2O5. The van der Waals surface area contributed by atoms with E-state index in [-0.39, 0.29) is 24.2 Å². The molecule has 4 rings (SSSR count). The van der Waals surface area contributed by atoms with Gasteiger partial charge < -0.3 is 19.5 Å². The summed E-state index contributed by atoms with van der Waals surface area (Å²) in [5, 5.41) is 3.30. The molecule has 0 spiro atoms. The van der Waals surface area contributed by atoms with Crippen LogP contribution >= 0.6 is 0 Å². The highest BCUT2D eigenvalue weighted by Gasteiger charge is 2.51. The monoisotopic (exact) mass is 470 g/mol. The maximum absolute atomic E-state index is 13.9. The topological polar surface area (TPSA) is 77.1 Å². The molecule has 2 aromatic rings. The summed E-state index contributed by atoms with van der Waals surface area (Å²) in [5.41, 5.74) is 0.282. The number of methoxy groups -OCH3 is 1. The minimum Gasteiger partial charge on any atom is -0.489 e. The quantitative estimate of drug-likeness (QED) is 0.567. The van der Waals surface area contributed by atoms with Gasteiger partial charge in [-0.15, -0.1) is 0 Å². The highest BCUT2D eigenvalue weighted by Crippen LogP contribution is 2.46. The van der Waals surface area contributed by atoms with Crippen LogP contribution in [0.25, 0.3) is 0 Å². The van der Waals surface area contributed by atoms with Crippen molar-refractivity contribution in [2.75, 3.05) is 40.5 Å². The van der Waals surface area contributed by atoms with E-state index in [0.29, 0.717) is 38.2 Å². The SMILES string of the molecule is COC(=O)c1ccc(C2(NC(=O)C3(N(C)CCOc4ccccc4F)CCOCC3)CC2)cc1. The number of carbonyl (C=O) groups is 2. The zero-order valence-corrected chi connectivity index (χ0v) is 19.6. The van der Waals surface area contributed by atoms with Crippen molar-refractivity contribution in [1.82, 2.24) is 10.2 Å². The Morgan fingerprint density at radius 1 is 1.06 bits per heavy atom. The van der Waals surface area contributed by atoms with Gasteiger partial charge in [0.15, 0.2) is 11.6 Å². The summed E-state index contributed by atoms with van der Waals surface area (Å²) in [6.07, 6.45) is 2.80. The van der Waals surface area contributed by atoms with Crippen LogP contribution in [0.1, 0.15) is 41.6 Å². The van der Waals surface area contributed by atoms with Crippen LogP contribution in [0, 0.1) is 5.82 Å². The lowest BCUT2D eigenvalue weighted by atomic mass is 9.86. The molecule has 1 amide bonds. The fourth-order valence-electron chi connectivity index (χ4n) is 4.55. The zero-order valence-electron chi connectivity index (χ0n) is 19.6. The van der Waals surface area contributed by atoms with Crippen molar-refractivity contribution in [3.8, 4) is 5.75 Å². The number of nitrogens with zero attached hydrogens (tertiary/aromatic N) is 1. The first-order valence-electron chi connectivity index (χ1n) is 11.6. The number of hydrogen-bond acceptors (Lipinski definition) is 6. The Balaban J connectivity index is 1.44. The second-order valence-electron chi connectivity index (χ2n) is 8.95. The summed E-state index contributed by atoms with van der Waals surface area (Å²) in [6.45, 7) is 1.70. The highest BCUT2D eigenvalue weighted by molar-refractivity contribution is 5.89. The largest absolute Gasteiger partial charge is 0.489 e. The number of nitrogens with one attached hydrogen (secondary N) is 1. The van der Waals surface area contributed by atoms with Crippen LogP contribution in [-0.4, -0.2) is 62.8 Å². The van der Waals surface area contributed by atoms with Crippen molar-refractivity contribution in [3.63, 3.8) is 0 Å². The van der Waals surface area contributed by atoms with Gasteiger partial charge in [0.05, 0.1) is 18.2 Å². The third-order valence-corrected chi connectivity index (χ3v) is 6.96. The number of likely N-dealkylation sites (N-methyl/N-ethyl adjacent to an activating group) is 1. The van der Waals surface area contributed by atoms with E-state index in [0.717, 1.165) is 18.4 Å². The lowest BCUT2D eigenvalue weighted by Crippen LogP contribution is -2.62. The average Bonchev–Trinajstić information content (AvgIpc) is 3.65. The highest BCUT2D eigenvalue weighted by atomic mass is 19.1. The molecule has 2 aromatic carbocycles. The molecule has 8 heteroatoms. The van der Waals surface area contributed by atoms with Crippen LogP contribution in [0.15, 0.2) is 48.5 Å². The predicted octanol–water partition coefficient (Wildman–Crippen LogP) is 3.28. The number of halogens is 1. The number of rotatable bonds is 9. The van der Waals surface area contributed by atoms with Crippen molar-refractivity contribution >= 4 is 11.9 Å². The fraction of sp³-hybridized carbons (Fsp3) is 0.462. The fourth-order valence-corrected chi connectivity index (χ4v) is 4.55. The molecule has 0 atom stereocenters. The van der Waals surface area contributed by atoms with E-state index in [2.05, 4.69) is 5.32 Å². The van der Waals surface area contributed by atoms with Crippen LogP contribution in [0.4, 0.5) is 4.39 Å². The number of hydrogen-bond donors (Lipinski definition) is 1. The van der Waals surface area contributed by atoms with Gasteiger partial charge in [0, 0.05) is 19.8 Å². The summed E-state index contributed by atoms with van der Waals surface area (Å²) in [6, 6.07) is 13.5. The second kappa shape index (κ2) is 10.1. The molecule has 1 aliphatic heterocycles. The van der Waals surface area contributed by atoms with Crippen molar-refractivity contribution in [2.24, 2.45) is 0 Å². The molecule has 34 heavy (non-hydrogen) atoms. The Kier molecular flexibility index (Phi) is 7.19. The summed E-state index contributed by atoms with van der Waals surface area (Å²) in [4.78, 5) is 27.5. The Morgan fingerprint density at radius 2 is 1.74 bits per heavy atom. The molecular weight excluding hydrogens is 439 g/mol. The lowest BCUT2D eigenvalue weighted by molar-refractivity contribution is -0.140. The molecule has 7 nitrogen and oxygen atoms in total. The van der Waals surface area contributed by atoms with Gasteiger partial charge in [-0.25, -0.2) is 9.18 Å². The molecule has 1 heterocycles. The third kappa shape index (κ3) is 4.93. The van der Waals surface area contributed by atoms with Gasteiger partial charge in [-0.3, -0.25) is 9.69 Å². The standard InChI is InChI=1S/C26H31FN2O5/c1-29(15-18-34-22-6-4-3-5-21(22)27)26(13-16-33-17-14-26)24(31)28-25(11-12-25)20-9-7-19(8-10-20)23(30)32-2/h3-10H,11-18H2,1-2H3,(H,28,31). The smallest absolute Gasteiger partial charge is 0.337 e. The van der Waals surface area contributed by atoms with Crippen LogP contribution < -0.4 is 10.1 Å². The van der Waals surface area contributed by atoms with Crippen LogP contribution in [0.5, 0.6) is 5.75 Å². The molecule has 1 saturated heterocycles. The molecule has 1 saturated carbocycles. The normalized spacial score (nSPS) is 18.2. The number of amides is 1. The van der Waals surface area contributed by atoms with E-state index in [9.17, 15) is 14.0 Å². The van der Waals surface area contributed by atoms with E-state index in [4.69, 9.17) is 14.2 Å². The second-order valence-corrected chi connectivity index (χ2v) is 8.95. The van der Waals surface area contributed by atoms with Gasteiger partial charge in [-0.2, -0.15) is 0 Å². The van der Waals surface area contributed by atoms with Gasteiger partial charge >= 0.3 is 5.97 Å². The third-order valence-electron chi connectivity index (χ3n) is 6.96. The molecule has 2 fully saturated rings. The summed E-state index contributed by atoms with van der Waals surface area (Å²) >= 11 is 0. The predicted molar refractivity (Wildman–Crippen MR) is 124 cm³/mol. The number of carbonyl (C=O) groups excluding carboxylic acids is 2. The van der Waals surface area contributed by atoms with Gasteiger partial charge in [-0.1, -0.05) is 24.3 Å². The Labute approximate surface area is 199 Å². The first-order chi connectivity index (χ1) is 16.4. The lowest BCUT2D eigenvalue weighted by Gasteiger charge is -2.43. The van der Waals surface area contributed by atoms with Crippen LogP contribution in [-0.2, 0) is 19.8 Å². The molecule has 1 aliphatic carbocycles. The number of esters is 1. The van der Waals surface area contributed by atoms with Gasteiger partial charge in [0.2, 0.25) is 5.91 Å². The van der Waals surface area contributed by atoms with Crippen molar-refractivity contribution < 1.29 is 28.2 Å². The first kappa shape index (κ1) is 24.2. The minimum absolute atomic E-state index is 0.0428. The molecule has 0 unspecified atom stereocenters. The zero-order chi connectivity index (χ0) is 24.2. The molecule has 0 radical (unpaired) electrons. The summed E-state index contributed by atoms with van der Waals surface area (Å²) in [5.74, 6) is -0.633. The average molecular weight is 471 g/mol. The van der Waals surface area contributed by atoms with Crippen molar-refractivity contribution in [2.45, 2.75) is 36.8 Å².